The van der Waals surface area contributed by atoms with Crippen molar-refractivity contribution in [2.24, 2.45) is 0 Å². The Balaban J connectivity index is 1.80. The summed E-state index contributed by atoms with van der Waals surface area (Å²) >= 11 is 0. The second-order valence-electron chi connectivity index (χ2n) is 9.81. The van der Waals surface area contributed by atoms with Gasteiger partial charge < -0.3 is 9.47 Å². The van der Waals surface area contributed by atoms with Crippen molar-refractivity contribution in [2.45, 2.75) is 59.9 Å². The molecule has 0 radical (unpaired) electrons. The van der Waals surface area contributed by atoms with E-state index in [1.807, 2.05) is 0 Å². The maximum Gasteiger partial charge on any atom is 0.430 e. The zero-order chi connectivity index (χ0) is 31.0. The van der Waals surface area contributed by atoms with Crippen LogP contribution in [0.25, 0.3) is 4.85 Å². The summed E-state index contributed by atoms with van der Waals surface area (Å²) in [7, 11) is -3.07. The summed E-state index contributed by atoms with van der Waals surface area (Å²) in [6, 6.07) is 10.6. The van der Waals surface area contributed by atoms with Crippen LogP contribution in [0, 0.1) is 12.4 Å². The second-order valence-corrected chi connectivity index (χ2v) is 12.1. The fraction of sp³-hybridized carbons (Fsp3) is 0.345. The van der Waals surface area contributed by atoms with Gasteiger partial charge in [-0.1, -0.05) is 49.2 Å². The Morgan fingerprint density at radius 2 is 1.45 bits per heavy atom. The topological polar surface area (TPSA) is 57.0 Å². The van der Waals surface area contributed by atoms with Crippen LogP contribution in [0.5, 0.6) is 5.75 Å². The molecule has 3 aromatic carbocycles. The third-order valence-corrected chi connectivity index (χ3v) is 10.1. The Morgan fingerprint density at radius 1 is 0.881 bits per heavy atom. The predicted molar refractivity (Wildman–Crippen MR) is 138 cm³/mol. The molecule has 0 aromatic heterocycles. The minimum atomic E-state index is -5.98. The van der Waals surface area contributed by atoms with Crippen molar-refractivity contribution in [3.63, 3.8) is 0 Å². The Hall–Kier alpha value is -3.63. The normalized spacial score (nSPS) is 15.8. The van der Waals surface area contributed by atoms with E-state index < -0.39 is 50.5 Å². The lowest BCUT2D eigenvalue weighted by Gasteiger charge is -2.38. The zero-order valence-corrected chi connectivity index (χ0v) is 22.8. The van der Waals surface area contributed by atoms with E-state index in [9.17, 15) is 39.2 Å². The van der Waals surface area contributed by atoms with Crippen LogP contribution >= 0.6 is 0 Å². The van der Waals surface area contributed by atoms with E-state index >= 15 is 0 Å². The summed E-state index contributed by atoms with van der Waals surface area (Å²) in [5.41, 5.74) is -6.16. The molecule has 1 aliphatic carbocycles. The van der Waals surface area contributed by atoms with Gasteiger partial charge in [-0.15, -0.1) is 0 Å². The Bertz CT molecular complexity index is 1560. The lowest BCUT2D eigenvalue weighted by atomic mass is 9.88. The van der Waals surface area contributed by atoms with Crippen molar-refractivity contribution < 1.29 is 48.6 Å². The number of alkyl halides is 6. The fourth-order valence-electron chi connectivity index (χ4n) is 5.35. The number of rotatable bonds is 8. The smallest absolute Gasteiger partial charge is 0.430 e. The summed E-state index contributed by atoms with van der Waals surface area (Å²) in [6.45, 7) is 5.86. The highest BCUT2D eigenvalue weighted by Crippen LogP contribution is 2.55. The summed E-state index contributed by atoms with van der Waals surface area (Å²) in [6.07, 6.45) is -10.9. The molecule has 1 saturated carbocycles. The van der Waals surface area contributed by atoms with Gasteiger partial charge in [0.15, 0.2) is 15.5 Å². The van der Waals surface area contributed by atoms with Gasteiger partial charge in [-0.3, -0.25) is 0 Å². The highest BCUT2D eigenvalue weighted by molar-refractivity contribution is 7.92. The SMILES string of the molecule is [C-]#[N+]c1ccc(COC(c2ccc(C3(S(=O)(=O)c4ccc(F)cc4)CCCC3)cc2)(C(F)(F)F)C(F)(F)F)c(OC)c1. The van der Waals surface area contributed by atoms with Crippen LogP contribution < -0.4 is 4.74 Å². The van der Waals surface area contributed by atoms with E-state index in [1.165, 1.54) is 6.07 Å². The summed E-state index contributed by atoms with van der Waals surface area (Å²) in [4.78, 5) is 2.94. The van der Waals surface area contributed by atoms with Crippen molar-refractivity contribution in [3.05, 3.63) is 101 Å². The van der Waals surface area contributed by atoms with E-state index in [1.54, 1.807) is 0 Å². The van der Waals surface area contributed by atoms with Gasteiger partial charge in [-0.2, -0.15) is 26.3 Å². The highest BCUT2D eigenvalue weighted by atomic mass is 32.2. The number of hydrogen-bond donors (Lipinski definition) is 0. The molecule has 0 amide bonds. The average molecular weight is 616 g/mol. The molecule has 0 heterocycles. The maximum absolute atomic E-state index is 14.4. The molecule has 224 valence electrons. The van der Waals surface area contributed by atoms with Crippen LogP contribution in [0.3, 0.4) is 0 Å². The summed E-state index contributed by atoms with van der Waals surface area (Å²) in [5, 5.41) is 0. The van der Waals surface area contributed by atoms with Gasteiger partial charge in [-0.25, -0.2) is 17.7 Å². The number of ether oxygens (including phenoxy) is 2. The summed E-state index contributed by atoms with van der Waals surface area (Å²) < 4.78 is 136. The molecule has 4 rings (SSSR count). The number of nitrogens with zero attached hydrogens (tertiary/aromatic N) is 1. The molecular formula is C29H24F7NO4S. The number of halogens is 7. The molecular weight excluding hydrogens is 591 g/mol. The third kappa shape index (κ3) is 5.22. The Morgan fingerprint density at radius 3 is 1.95 bits per heavy atom. The molecule has 0 atom stereocenters. The minimum absolute atomic E-state index is 0.0164. The van der Waals surface area contributed by atoms with E-state index in [0.29, 0.717) is 25.0 Å². The Kier molecular flexibility index (Phi) is 8.37. The number of sulfone groups is 1. The lowest BCUT2D eigenvalue weighted by molar-refractivity contribution is -0.392. The molecule has 1 aliphatic rings. The van der Waals surface area contributed by atoms with Crippen LogP contribution in [-0.4, -0.2) is 27.9 Å². The van der Waals surface area contributed by atoms with Crippen molar-refractivity contribution in [1.82, 2.24) is 0 Å². The molecule has 13 heteroatoms. The molecule has 0 saturated heterocycles. The molecule has 5 nitrogen and oxygen atoms in total. The van der Waals surface area contributed by atoms with Crippen LogP contribution in [-0.2, 0) is 31.5 Å². The predicted octanol–water partition coefficient (Wildman–Crippen LogP) is 8.16. The van der Waals surface area contributed by atoms with E-state index in [4.69, 9.17) is 16.0 Å². The van der Waals surface area contributed by atoms with Crippen LogP contribution in [0.1, 0.15) is 42.4 Å². The van der Waals surface area contributed by atoms with Gasteiger partial charge in [0.2, 0.25) is 0 Å². The zero-order valence-electron chi connectivity index (χ0n) is 22.0. The highest BCUT2D eigenvalue weighted by Gasteiger charge is 2.73. The summed E-state index contributed by atoms with van der Waals surface area (Å²) in [5.74, 6) is -0.805. The minimum Gasteiger partial charge on any atom is -0.498 e. The first-order valence-corrected chi connectivity index (χ1v) is 14.0. The van der Waals surface area contributed by atoms with Gasteiger partial charge in [0, 0.05) is 11.1 Å². The number of benzene rings is 3. The molecule has 3 aromatic rings. The van der Waals surface area contributed by atoms with Crippen molar-refractivity contribution in [3.8, 4) is 5.75 Å². The molecule has 0 spiro atoms. The first kappa shape index (κ1) is 31.3. The second kappa shape index (κ2) is 11.2. The monoisotopic (exact) mass is 615 g/mol. The molecule has 0 aliphatic heterocycles. The van der Waals surface area contributed by atoms with Gasteiger partial charge >= 0.3 is 12.4 Å². The van der Waals surface area contributed by atoms with Crippen LogP contribution in [0.15, 0.2) is 71.6 Å². The maximum atomic E-state index is 14.4. The van der Waals surface area contributed by atoms with Crippen LogP contribution in [0.2, 0.25) is 0 Å². The molecule has 42 heavy (non-hydrogen) atoms. The van der Waals surface area contributed by atoms with Crippen molar-refractivity contribution in [1.29, 1.82) is 0 Å². The van der Waals surface area contributed by atoms with E-state index in [-0.39, 0.29) is 40.3 Å². The van der Waals surface area contributed by atoms with E-state index in [0.717, 1.165) is 55.6 Å². The van der Waals surface area contributed by atoms with Gasteiger partial charge in [0.1, 0.15) is 16.3 Å². The number of methoxy groups -OCH3 is 1. The van der Waals surface area contributed by atoms with Gasteiger partial charge in [-0.05, 0) is 48.7 Å². The molecule has 0 N–H and O–H groups in total. The van der Waals surface area contributed by atoms with Crippen LogP contribution in [0.4, 0.5) is 36.4 Å². The standard InChI is InChI=1S/C29H24F7NO4S/c1-37-23-12-5-19(25(17-23)40-2)18-41-27(28(31,32)33,29(34,35)36)21-8-6-20(7-9-21)26(15-3-4-16-26)42(38,39)24-13-10-22(30)11-14-24/h5-14,17H,3-4,15-16,18H2,2H3. The first-order valence-electron chi connectivity index (χ1n) is 12.6. The molecule has 0 unspecified atom stereocenters. The molecule has 1 fully saturated rings. The fourth-order valence-corrected chi connectivity index (χ4v) is 7.57. The van der Waals surface area contributed by atoms with Gasteiger partial charge in [0.25, 0.3) is 5.60 Å². The molecule has 0 bridgehead atoms. The van der Waals surface area contributed by atoms with E-state index in [2.05, 4.69) is 4.85 Å². The third-order valence-electron chi connectivity index (χ3n) is 7.51. The van der Waals surface area contributed by atoms with Gasteiger partial charge in [0.05, 0.1) is 25.2 Å². The first-order chi connectivity index (χ1) is 19.6. The number of hydrogen-bond acceptors (Lipinski definition) is 4. The largest absolute Gasteiger partial charge is 0.498 e. The average Bonchev–Trinajstić information content (AvgIpc) is 3.44. The lowest BCUT2D eigenvalue weighted by Crippen LogP contribution is -2.55. The van der Waals surface area contributed by atoms with Crippen molar-refractivity contribution in [2.75, 3.05) is 7.11 Å². The Labute approximate surface area is 237 Å². The van der Waals surface area contributed by atoms with Crippen molar-refractivity contribution >= 4 is 15.5 Å². The quantitative estimate of drug-likeness (QED) is 0.146.